The average Bonchev–Trinajstić information content (AvgIpc) is 3.48. The Morgan fingerprint density at radius 2 is 1.76 bits per heavy atom. The van der Waals surface area contributed by atoms with E-state index in [9.17, 15) is 4.79 Å². The number of hydrogen-bond acceptors (Lipinski definition) is 4. The SMILES string of the molecule is CCCCCCc1cc(OC2CCN(CC3CCC(C(=O)N4CCCC4)CC3)CC2)c2ncccc2c1. The van der Waals surface area contributed by atoms with E-state index >= 15 is 0 Å². The van der Waals surface area contributed by atoms with Crippen LogP contribution in [0.2, 0.25) is 0 Å². The summed E-state index contributed by atoms with van der Waals surface area (Å²) in [5.74, 6) is 2.46. The van der Waals surface area contributed by atoms with Gasteiger partial charge < -0.3 is 14.5 Å². The maximum atomic E-state index is 12.8. The van der Waals surface area contributed by atoms with Gasteiger partial charge in [-0.05, 0) is 93.9 Å². The standard InChI is InChI=1S/C32H47N3O2/c1-2-3-4-5-9-26-22-28-10-8-17-33-31(28)30(23-26)37-29-15-20-34(21-16-29)24-25-11-13-27(14-12-25)32(36)35-18-6-7-19-35/h8,10,17,22-23,25,27,29H,2-7,9,11-16,18-21,24H2,1H3. The summed E-state index contributed by atoms with van der Waals surface area (Å²) in [4.78, 5) is 22.2. The van der Waals surface area contributed by atoms with Crippen LogP contribution < -0.4 is 4.74 Å². The topological polar surface area (TPSA) is 45.7 Å². The molecule has 0 bridgehead atoms. The van der Waals surface area contributed by atoms with Gasteiger partial charge in [0.05, 0.1) is 0 Å². The van der Waals surface area contributed by atoms with Gasteiger partial charge in [0.15, 0.2) is 0 Å². The predicted molar refractivity (Wildman–Crippen MR) is 151 cm³/mol. The third-order valence-electron chi connectivity index (χ3n) is 9.01. The predicted octanol–water partition coefficient (Wildman–Crippen LogP) is 6.63. The second kappa shape index (κ2) is 13.1. The van der Waals surface area contributed by atoms with Gasteiger partial charge in [0.2, 0.25) is 5.91 Å². The number of aromatic nitrogens is 1. The molecule has 1 amide bonds. The van der Waals surface area contributed by atoms with Gasteiger partial charge in [-0.2, -0.15) is 0 Å². The molecule has 3 heterocycles. The van der Waals surface area contributed by atoms with Gasteiger partial charge in [-0.3, -0.25) is 9.78 Å². The molecule has 2 aromatic rings. The Kier molecular flexibility index (Phi) is 9.36. The maximum Gasteiger partial charge on any atom is 0.225 e. The number of fused-ring (bicyclic) bond motifs is 1. The first-order valence-corrected chi connectivity index (χ1v) is 15.2. The van der Waals surface area contributed by atoms with Crippen molar-refractivity contribution in [3.63, 3.8) is 0 Å². The molecule has 37 heavy (non-hydrogen) atoms. The van der Waals surface area contributed by atoms with E-state index in [0.717, 1.165) is 75.5 Å². The molecule has 0 unspecified atom stereocenters. The molecule has 0 N–H and O–H groups in total. The van der Waals surface area contributed by atoms with Gasteiger partial charge in [0.25, 0.3) is 0 Å². The molecule has 2 saturated heterocycles. The van der Waals surface area contributed by atoms with E-state index in [1.807, 2.05) is 12.3 Å². The van der Waals surface area contributed by atoms with Crippen molar-refractivity contribution in [1.82, 2.24) is 14.8 Å². The molecule has 2 aliphatic heterocycles. The number of nitrogens with zero attached hydrogens (tertiary/aromatic N) is 3. The van der Waals surface area contributed by atoms with Crippen LogP contribution in [-0.4, -0.2) is 59.5 Å². The van der Waals surface area contributed by atoms with Crippen LogP contribution in [-0.2, 0) is 11.2 Å². The smallest absolute Gasteiger partial charge is 0.225 e. The third kappa shape index (κ3) is 7.04. The summed E-state index contributed by atoms with van der Waals surface area (Å²) < 4.78 is 6.63. The molecule has 1 aliphatic carbocycles. The Morgan fingerprint density at radius 3 is 2.51 bits per heavy atom. The van der Waals surface area contributed by atoms with Gasteiger partial charge in [-0.25, -0.2) is 0 Å². The summed E-state index contributed by atoms with van der Waals surface area (Å²) in [5, 5.41) is 1.20. The number of aryl methyl sites for hydroxylation is 1. The number of piperidine rings is 1. The first kappa shape index (κ1) is 26.5. The van der Waals surface area contributed by atoms with Crippen LogP contribution in [0.1, 0.15) is 89.5 Å². The zero-order valence-electron chi connectivity index (χ0n) is 23.0. The number of rotatable bonds is 10. The molecule has 1 saturated carbocycles. The van der Waals surface area contributed by atoms with E-state index in [1.54, 1.807) is 0 Å². The zero-order valence-corrected chi connectivity index (χ0v) is 23.0. The Bertz CT molecular complexity index is 1000. The van der Waals surface area contributed by atoms with Crippen LogP contribution >= 0.6 is 0 Å². The molecular weight excluding hydrogens is 458 g/mol. The lowest BCUT2D eigenvalue weighted by Crippen LogP contribution is -2.42. The van der Waals surface area contributed by atoms with Crippen molar-refractivity contribution in [1.29, 1.82) is 0 Å². The number of carbonyl (C=O) groups excluding carboxylic acids is 1. The number of hydrogen-bond donors (Lipinski definition) is 0. The number of benzene rings is 1. The van der Waals surface area contributed by atoms with Gasteiger partial charge in [0, 0.05) is 50.2 Å². The Hall–Kier alpha value is -2.14. The third-order valence-corrected chi connectivity index (χ3v) is 9.01. The van der Waals surface area contributed by atoms with Crippen LogP contribution in [0, 0.1) is 11.8 Å². The molecule has 0 atom stereocenters. The minimum atomic E-state index is 0.269. The van der Waals surface area contributed by atoms with Gasteiger partial charge in [-0.1, -0.05) is 32.3 Å². The fourth-order valence-corrected chi connectivity index (χ4v) is 6.75. The van der Waals surface area contributed by atoms with E-state index in [4.69, 9.17) is 4.74 Å². The van der Waals surface area contributed by atoms with Gasteiger partial charge in [0.1, 0.15) is 17.4 Å². The zero-order chi connectivity index (χ0) is 25.5. The number of likely N-dealkylation sites (tertiary alicyclic amines) is 2. The van der Waals surface area contributed by atoms with E-state index in [0.29, 0.717) is 11.8 Å². The molecule has 5 rings (SSSR count). The highest BCUT2D eigenvalue weighted by Gasteiger charge is 2.32. The summed E-state index contributed by atoms with van der Waals surface area (Å²) in [7, 11) is 0. The number of carbonyl (C=O) groups is 1. The summed E-state index contributed by atoms with van der Waals surface area (Å²) in [6.45, 7) is 7.66. The molecule has 5 nitrogen and oxygen atoms in total. The van der Waals surface area contributed by atoms with Crippen molar-refractivity contribution in [2.75, 3.05) is 32.7 Å². The maximum absolute atomic E-state index is 12.8. The summed E-state index contributed by atoms with van der Waals surface area (Å²) >= 11 is 0. The second-order valence-electron chi connectivity index (χ2n) is 11.8. The quantitative estimate of drug-likeness (QED) is 0.340. The van der Waals surface area contributed by atoms with Crippen molar-refractivity contribution in [3.8, 4) is 5.75 Å². The van der Waals surface area contributed by atoms with E-state index in [1.165, 1.54) is 68.9 Å². The van der Waals surface area contributed by atoms with Crippen molar-refractivity contribution in [3.05, 3.63) is 36.0 Å². The molecule has 3 aliphatic rings. The monoisotopic (exact) mass is 505 g/mol. The Labute approximate surface area is 224 Å². The van der Waals surface area contributed by atoms with Crippen molar-refractivity contribution >= 4 is 16.8 Å². The molecule has 0 spiro atoms. The summed E-state index contributed by atoms with van der Waals surface area (Å²) in [6, 6.07) is 8.76. The molecule has 1 aromatic heterocycles. The van der Waals surface area contributed by atoms with E-state index in [2.05, 4.69) is 39.9 Å². The Morgan fingerprint density at radius 1 is 0.973 bits per heavy atom. The fraction of sp³-hybridized carbons (Fsp3) is 0.688. The minimum Gasteiger partial charge on any atom is -0.488 e. The molecule has 5 heteroatoms. The molecule has 202 valence electrons. The van der Waals surface area contributed by atoms with Crippen molar-refractivity contribution in [2.45, 2.75) is 96.5 Å². The lowest BCUT2D eigenvalue weighted by Gasteiger charge is -2.37. The lowest BCUT2D eigenvalue weighted by atomic mass is 9.81. The van der Waals surface area contributed by atoms with Crippen LogP contribution in [0.5, 0.6) is 5.75 Å². The van der Waals surface area contributed by atoms with Gasteiger partial charge in [-0.15, -0.1) is 0 Å². The Balaban J connectivity index is 1.09. The van der Waals surface area contributed by atoms with Gasteiger partial charge >= 0.3 is 0 Å². The van der Waals surface area contributed by atoms with E-state index < -0.39 is 0 Å². The molecular formula is C32H47N3O2. The summed E-state index contributed by atoms with van der Waals surface area (Å²) in [6.07, 6.45) is 17.5. The summed E-state index contributed by atoms with van der Waals surface area (Å²) in [5.41, 5.74) is 2.38. The number of amides is 1. The lowest BCUT2D eigenvalue weighted by molar-refractivity contribution is -0.135. The van der Waals surface area contributed by atoms with Crippen LogP contribution in [0.25, 0.3) is 10.9 Å². The molecule has 0 radical (unpaired) electrons. The van der Waals surface area contributed by atoms with Crippen LogP contribution in [0.3, 0.4) is 0 Å². The van der Waals surface area contributed by atoms with Crippen LogP contribution in [0.4, 0.5) is 0 Å². The van der Waals surface area contributed by atoms with Crippen molar-refractivity contribution in [2.24, 2.45) is 11.8 Å². The highest BCUT2D eigenvalue weighted by molar-refractivity contribution is 5.85. The second-order valence-corrected chi connectivity index (χ2v) is 11.8. The van der Waals surface area contributed by atoms with Crippen molar-refractivity contribution < 1.29 is 9.53 Å². The number of pyridine rings is 1. The molecule has 1 aromatic carbocycles. The van der Waals surface area contributed by atoms with E-state index in [-0.39, 0.29) is 6.10 Å². The highest BCUT2D eigenvalue weighted by atomic mass is 16.5. The normalized spacial score (nSPS) is 23.5. The average molecular weight is 506 g/mol. The number of unbranched alkanes of at least 4 members (excludes halogenated alkanes) is 3. The fourth-order valence-electron chi connectivity index (χ4n) is 6.75. The molecule has 3 fully saturated rings. The highest BCUT2D eigenvalue weighted by Crippen LogP contribution is 2.33. The first-order valence-electron chi connectivity index (χ1n) is 15.2. The van der Waals surface area contributed by atoms with Crippen LogP contribution in [0.15, 0.2) is 30.5 Å². The largest absolute Gasteiger partial charge is 0.488 e. The first-order chi connectivity index (χ1) is 18.2. The minimum absolute atomic E-state index is 0.269. The number of ether oxygens (including phenoxy) is 1.